The first kappa shape index (κ1) is 19.9. The van der Waals surface area contributed by atoms with E-state index in [2.05, 4.69) is 9.47 Å². The zero-order valence-electron chi connectivity index (χ0n) is 13.1. The number of hydrogen-bond donors (Lipinski definition) is 0. The smallest absolute Gasteiger partial charge is 0.336 e. The molecule has 0 unspecified atom stereocenters. The number of allylic oxidation sites excluding steroid dienone is 1. The Morgan fingerprint density at radius 3 is 2.46 bits per heavy atom. The molecule has 0 aliphatic heterocycles. The van der Waals surface area contributed by atoms with E-state index < -0.39 is 24.4 Å². The highest BCUT2D eigenvalue weighted by molar-refractivity contribution is 5.82. The van der Waals surface area contributed by atoms with Gasteiger partial charge in [-0.05, 0) is 18.6 Å². The van der Waals surface area contributed by atoms with Gasteiger partial charge in [0.25, 0.3) is 0 Å². The number of carbonyl (C=O) groups is 1. The van der Waals surface area contributed by atoms with E-state index in [0.717, 1.165) is 5.56 Å². The van der Waals surface area contributed by atoms with Gasteiger partial charge >= 0.3 is 17.8 Å². The summed E-state index contributed by atoms with van der Waals surface area (Å²) in [5, 5.41) is 0. The number of alkyl halides is 4. The molecule has 132 valence electrons. The van der Waals surface area contributed by atoms with Crippen molar-refractivity contribution >= 4 is 12.0 Å². The number of hydrogen-bond acceptors (Lipinski definition) is 3. The van der Waals surface area contributed by atoms with E-state index in [4.69, 9.17) is 0 Å². The minimum Gasteiger partial charge on any atom is -0.463 e. The quantitative estimate of drug-likeness (QED) is 0.292. The zero-order chi connectivity index (χ0) is 18.1. The Morgan fingerprint density at radius 1 is 1.17 bits per heavy atom. The number of ether oxygens (including phenoxy) is 2. The van der Waals surface area contributed by atoms with Crippen LogP contribution in [0.15, 0.2) is 48.6 Å². The number of rotatable bonds is 9. The Bertz CT molecular complexity index is 568. The molecule has 3 nitrogen and oxygen atoms in total. The molecule has 1 aromatic carbocycles. The monoisotopic (exact) mass is 346 g/mol. The molecule has 0 aliphatic carbocycles. The first-order chi connectivity index (χ1) is 11.3. The molecule has 0 fully saturated rings. The van der Waals surface area contributed by atoms with Crippen LogP contribution in [0, 0.1) is 0 Å². The third kappa shape index (κ3) is 6.54. The van der Waals surface area contributed by atoms with Crippen molar-refractivity contribution < 1.29 is 31.8 Å². The van der Waals surface area contributed by atoms with E-state index in [9.17, 15) is 22.4 Å². The molecule has 0 amide bonds. The Kier molecular flexibility index (Phi) is 7.64. The Hall–Kier alpha value is -2.15. The van der Waals surface area contributed by atoms with E-state index in [1.807, 2.05) is 6.07 Å². The highest BCUT2D eigenvalue weighted by Crippen LogP contribution is 2.35. The molecule has 0 bridgehead atoms. The summed E-state index contributed by atoms with van der Waals surface area (Å²) in [5.74, 6) is -10.1. The number of esters is 1. The number of carbonyl (C=O) groups excluding carboxylic acids is 1. The maximum atomic E-state index is 13.5. The molecule has 0 saturated carbocycles. The van der Waals surface area contributed by atoms with Gasteiger partial charge in [0.2, 0.25) is 0 Å². The van der Waals surface area contributed by atoms with Gasteiger partial charge in [-0.25, -0.2) is 4.79 Å². The van der Waals surface area contributed by atoms with E-state index in [1.165, 1.54) is 13.0 Å². The summed E-state index contributed by atoms with van der Waals surface area (Å²) in [7, 11) is 0. The molecule has 0 atom stereocenters. The second-order valence-corrected chi connectivity index (χ2v) is 4.74. The first-order valence-electron chi connectivity index (χ1n) is 7.19. The van der Waals surface area contributed by atoms with Crippen LogP contribution in [-0.4, -0.2) is 37.6 Å². The fourth-order valence-corrected chi connectivity index (χ4v) is 1.58. The molecule has 0 aliphatic rings. The van der Waals surface area contributed by atoms with Gasteiger partial charge < -0.3 is 9.47 Å². The molecule has 0 N–H and O–H groups in total. The lowest BCUT2D eigenvalue weighted by Gasteiger charge is -2.23. The van der Waals surface area contributed by atoms with Gasteiger partial charge in [0.1, 0.15) is 6.61 Å². The number of halogens is 4. The largest absolute Gasteiger partial charge is 0.463 e. The van der Waals surface area contributed by atoms with Crippen molar-refractivity contribution in [2.24, 2.45) is 0 Å². The summed E-state index contributed by atoms with van der Waals surface area (Å²) < 4.78 is 62.8. The van der Waals surface area contributed by atoms with Gasteiger partial charge in [-0.15, -0.1) is 0 Å². The predicted molar refractivity (Wildman–Crippen MR) is 82.0 cm³/mol. The SMILES string of the molecule is CCOC(=O)C=CC(F)(F)C(F)(F)COCC=Cc1ccccc1. The maximum Gasteiger partial charge on any atom is 0.336 e. The molecule has 0 aromatic heterocycles. The van der Waals surface area contributed by atoms with Crippen molar-refractivity contribution in [2.45, 2.75) is 18.8 Å². The van der Waals surface area contributed by atoms with E-state index in [1.54, 1.807) is 30.3 Å². The van der Waals surface area contributed by atoms with E-state index in [-0.39, 0.29) is 25.4 Å². The lowest BCUT2D eigenvalue weighted by Crippen LogP contribution is -2.43. The van der Waals surface area contributed by atoms with Crippen LogP contribution in [0.4, 0.5) is 17.6 Å². The summed E-state index contributed by atoms with van der Waals surface area (Å²) in [5.41, 5.74) is 0.829. The van der Waals surface area contributed by atoms with Gasteiger partial charge in [0.05, 0.1) is 13.2 Å². The van der Waals surface area contributed by atoms with Gasteiger partial charge in [0, 0.05) is 6.08 Å². The van der Waals surface area contributed by atoms with Crippen LogP contribution in [0.3, 0.4) is 0 Å². The first-order valence-corrected chi connectivity index (χ1v) is 7.19. The standard InChI is InChI=1S/C17H18F4O3/c1-2-24-15(22)10-11-16(18,19)17(20,21)13-23-12-6-9-14-7-4-3-5-8-14/h3-11H,2,12-13H2,1H3. The zero-order valence-corrected chi connectivity index (χ0v) is 13.1. The average molecular weight is 346 g/mol. The van der Waals surface area contributed by atoms with E-state index in [0.29, 0.717) is 0 Å². The van der Waals surface area contributed by atoms with Crippen molar-refractivity contribution in [3.05, 3.63) is 54.1 Å². The van der Waals surface area contributed by atoms with Crippen molar-refractivity contribution in [2.75, 3.05) is 19.8 Å². The Balaban J connectivity index is 2.49. The minimum absolute atomic E-state index is 0.0397. The van der Waals surface area contributed by atoms with Crippen LogP contribution in [0.1, 0.15) is 12.5 Å². The fraction of sp³-hybridized carbons (Fsp3) is 0.353. The fourth-order valence-electron chi connectivity index (χ4n) is 1.58. The summed E-state index contributed by atoms with van der Waals surface area (Å²) in [6.45, 7) is -0.300. The van der Waals surface area contributed by atoms with Crippen LogP contribution in [0.5, 0.6) is 0 Å². The highest BCUT2D eigenvalue weighted by Gasteiger charge is 2.54. The summed E-state index contributed by atoms with van der Waals surface area (Å²) in [4.78, 5) is 10.9. The van der Waals surface area contributed by atoms with Crippen molar-refractivity contribution in [1.82, 2.24) is 0 Å². The van der Waals surface area contributed by atoms with Crippen LogP contribution in [0.2, 0.25) is 0 Å². The maximum absolute atomic E-state index is 13.5. The summed E-state index contributed by atoms with van der Waals surface area (Å²) in [6, 6.07) is 9.00. The topological polar surface area (TPSA) is 35.5 Å². The lowest BCUT2D eigenvalue weighted by atomic mass is 10.1. The van der Waals surface area contributed by atoms with Gasteiger partial charge in [-0.3, -0.25) is 0 Å². The van der Waals surface area contributed by atoms with E-state index >= 15 is 0 Å². The van der Waals surface area contributed by atoms with Crippen molar-refractivity contribution in [3.8, 4) is 0 Å². The molecule has 1 rings (SSSR count). The van der Waals surface area contributed by atoms with Crippen LogP contribution >= 0.6 is 0 Å². The van der Waals surface area contributed by atoms with Gasteiger partial charge in [-0.1, -0.05) is 42.5 Å². The van der Waals surface area contributed by atoms with Crippen LogP contribution < -0.4 is 0 Å². The molecule has 0 spiro atoms. The van der Waals surface area contributed by atoms with Crippen molar-refractivity contribution in [1.29, 1.82) is 0 Å². The predicted octanol–water partition coefficient (Wildman–Crippen LogP) is 4.11. The third-order valence-electron chi connectivity index (χ3n) is 2.81. The normalized spacial score (nSPS) is 12.9. The molecule has 0 heterocycles. The molecule has 7 heteroatoms. The molecule has 0 radical (unpaired) electrons. The molecule has 24 heavy (non-hydrogen) atoms. The molecular formula is C17H18F4O3. The molecular weight excluding hydrogens is 328 g/mol. The lowest BCUT2D eigenvalue weighted by molar-refractivity contribution is -0.205. The van der Waals surface area contributed by atoms with Gasteiger partial charge in [-0.2, -0.15) is 17.6 Å². The van der Waals surface area contributed by atoms with Crippen molar-refractivity contribution in [3.63, 3.8) is 0 Å². The summed E-state index contributed by atoms with van der Waals surface area (Å²) >= 11 is 0. The van der Waals surface area contributed by atoms with Gasteiger partial charge in [0.15, 0.2) is 0 Å². The second-order valence-electron chi connectivity index (χ2n) is 4.74. The second kappa shape index (κ2) is 9.22. The summed E-state index contributed by atoms with van der Waals surface area (Å²) in [6.07, 6.45) is 3.18. The molecule has 1 aromatic rings. The van der Waals surface area contributed by atoms with Crippen LogP contribution in [-0.2, 0) is 14.3 Å². The Morgan fingerprint density at radius 2 is 1.83 bits per heavy atom. The highest BCUT2D eigenvalue weighted by atomic mass is 19.3. The van der Waals surface area contributed by atoms with Crippen LogP contribution in [0.25, 0.3) is 6.08 Å². The number of benzene rings is 1. The average Bonchev–Trinajstić information content (AvgIpc) is 2.54. The third-order valence-corrected chi connectivity index (χ3v) is 2.81. The molecule has 0 saturated heterocycles. The Labute approximate surface area is 137 Å². The minimum atomic E-state index is -4.52.